The number of piperidine rings is 1. The molecular formula is C20H21BrN4O3. The molecule has 0 aliphatic carbocycles. The van der Waals surface area contributed by atoms with Gasteiger partial charge in [0.1, 0.15) is 11.5 Å². The number of fused-ring (bicyclic) bond motifs is 2. The average Bonchev–Trinajstić information content (AvgIpc) is 3.15. The van der Waals surface area contributed by atoms with Crippen LogP contribution < -0.4 is 19.7 Å². The van der Waals surface area contributed by atoms with Crippen LogP contribution in [0.1, 0.15) is 28.8 Å². The second kappa shape index (κ2) is 6.63. The molecule has 1 aromatic heterocycles. The van der Waals surface area contributed by atoms with Gasteiger partial charge >= 0.3 is 0 Å². The van der Waals surface area contributed by atoms with Gasteiger partial charge in [0.15, 0.2) is 11.5 Å². The molecule has 1 N–H and O–H groups in total. The topological polar surface area (TPSA) is 66.9 Å². The lowest BCUT2D eigenvalue weighted by molar-refractivity contribution is 0.0771. The smallest absolute Gasteiger partial charge is 0.256 e. The van der Waals surface area contributed by atoms with Crippen LogP contribution in [-0.4, -0.2) is 48.4 Å². The molecule has 0 saturated carbocycles. The molecule has 0 bridgehead atoms. The van der Waals surface area contributed by atoms with E-state index in [4.69, 9.17) is 9.47 Å². The molecule has 8 heteroatoms. The van der Waals surface area contributed by atoms with Crippen LogP contribution in [0.5, 0.6) is 11.5 Å². The first-order valence-corrected chi connectivity index (χ1v) is 10.2. The highest BCUT2D eigenvalue weighted by Gasteiger charge is 2.44. The van der Waals surface area contributed by atoms with Crippen molar-refractivity contribution in [2.75, 3.05) is 31.8 Å². The number of ether oxygens (including phenoxy) is 2. The number of aromatic nitrogens is 1. The summed E-state index contributed by atoms with van der Waals surface area (Å²) >= 11 is 3.65. The molecule has 0 unspecified atom stereocenters. The second-order valence-electron chi connectivity index (χ2n) is 7.49. The molecule has 1 saturated heterocycles. The van der Waals surface area contributed by atoms with Gasteiger partial charge in [0.25, 0.3) is 5.91 Å². The van der Waals surface area contributed by atoms with E-state index in [0.29, 0.717) is 5.56 Å². The van der Waals surface area contributed by atoms with Crippen molar-refractivity contribution in [1.29, 1.82) is 0 Å². The fourth-order valence-electron chi connectivity index (χ4n) is 4.27. The van der Waals surface area contributed by atoms with E-state index in [1.807, 2.05) is 25.2 Å². The molecule has 1 spiro atoms. The van der Waals surface area contributed by atoms with Crippen LogP contribution in [0.4, 0.5) is 5.82 Å². The van der Waals surface area contributed by atoms with E-state index in [-0.39, 0.29) is 18.4 Å². The van der Waals surface area contributed by atoms with E-state index < -0.39 is 0 Å². The summed E-state index contributed by atoms with van der Waals surface area (Å²) in [6, 6.07) is 7.65. The number of carbonyl (C=O) groups excluding carboxylic acids is 1. The normalized spacial score (nSPS) is 20.2. The Morgan fingerprint density at radius 2 is 2.00 bits per heavy atom. The minimum atomic E-state index is -0.374. The van der Waals surface area contributed by atoms with Crippen molar-refractivity contribution in [3.8, 4) is 11.5 Å². The third kappa shape index (κ3) is 2.82. The van der Waals surface area contributed by atoms with Crippen molar-refractivity contribution in [3.63, 3.8) is 0 Å². The quantitative estimate of drug-likeness (QED) is 0.767. The van der Waals surface area contributed by atoms with E-state index in [0.717, 1.165) is 54.3 Å². The van der Waals surface area contributed by atoms with Crippen LogP contribution in [0.3, 0.4) is 0 Å². The Labute approximate surface area is 171 Å². The Balaban J connectivity index is 1.31. The van der Waals surface area contributed by atoms with Gasteiger partial charge < -0.3 is 19.7 Å². The monoisotopic (exact) mass is 444 g/mol. The van der Waals surface area contributed by atoms with Gasteiger partial charge in [-0.3, -0.25) is 9.69 Å². The predicted octanol–water partition coefficient (Wildman–Crippen LogP) is 2.74. The summed E-state index contributed by atoms with van der Waals surface area (Å²) in [7, 11) is 2.02. The van der Waals surface area contributed by atoms with Crippen molar-refractivity contribution in [2.45, 2.75) is 25.0 Å². The molecule has 0 radical (unpaired) electrons. The van der Waals surface area contributed by atoms with Crippen molar-refractivity contribution in [3.05, 3.63) is 46.1 Å². The molecule has 5 rings (SSSR count). The van der Waals surface area contributed by atoms with E-state index in [2.05, 4.69) is 36.0 Å². The zero-order chi connectivity index (χ0) is 19.3. The van der Waals surface area contributed by atoms with Gasteiger partial charge in [0.2, 0.25) is 6.79 Å². The fourth-order valence-corrected chi connectivity index (χ4v) is 4.72. The Hall–Kier alpha value is -2.32. The van der Waals surface area contributed by atoms with Crippen LogP contribution in [0.25, 0.3) is 0 Å². The predicted molar refractivity (Wildman–Crippen MR) is 108 cm³/mol. The van der Waals surface area contributed by atoms with E-state index in [1.165, 1.54) is 5.56 Å². The first kappa shape index (κ1) is 17.8. The summed E-state index contributed by atoms with van der Waals surface area (Å²) < 4.78 is 12.0. The third-order valence-corrected chi connectivity index (χ3v) is 6.69. The number of hydrogen-bond donors (Lipinski definition) is 1. The van der Waals surface area contributed by atoms with E-state index >= 15 is 0 Å². The number of anilines is 1. The van der Waals surface area contributed by atoms with Crippen molar-refractivity contribution >= 4 is 27.7 Å². The van der Waals surface area contributed by atoms with Crippen LogP contribution in [0.2, 0.25) is 0 Å². The van der Waals surface area contributed by atoms with Crippen molar-refractivity contribution < 1.29 is 14.3 Å². The molecule has 1 fully saturated rings. The molecule has 1 amide bonds. The van der Waals surface area contributed by atoms with Gasteiger partial charge in [-0.1, -0.05) is 15.9 Å². The summed E-state index contributed by atoms with van der Waals surface area (Å²) in [5.41, 5.74) is 1.44. The third-order valence-electron chi connectivity index (χ3n) is 5.96. The zero-order valence-electron chi connectivity index (χ0n) is 15.6. The number of nitrogens with zero attached hydrogens (tertiary/aromatic N) is 3. The SMILES string of the molecule is CN1c2ncccc2C(=O)NC12CCN(Cc1cc3c(cc1Br)OCO3)CC2. The highest BCUT2D eigenvalue weighted by atomic mass is 79.9. The summed E-state index contributed by atoms with van der Waals surface area (Å²) in [6.45, 7) is 2.86. The summed E-state index contributed by atoms with van der Waals surface area (Å²) in [6.07, 6.45) is 3.43. The largest absolute Gasteiger partial charge is 0.454 e. The molecule has 3 aliphatic rings. The molecule has 1 aromatic carbocycles. The maximum absolute atomic E-state index is 12.6. The van der Waals surface area contributed by atoms with Gasteiger partial charge in [-0.25, -0.2) is 4.98 Å². The lowest BCUT2D eigenvalue weighted by Gasteiger charge is -2.50. The van der Waals surface area contributed by atoms with E-state index in [1.54, 1.807) is 12.3 Å². The number of rotatable bonds is 2. The van der Waals surface area contributed by atoms with Gasteiger partial charge in [0, 0.05) is 50.2 Å². The van der Waals surface area contributed by atoms with Crippen LogP contribution >= 0.6 is 15.9 Å². The average molecular weight is 445 g/mol. The Kier molecular flexibility index (Phi) is 4.21. The van der Waals surface area contributed by atoms with Crippen molar-refractivity contribution in [2.24, 2.45) is 0 Å². The van der Waals surface area contributed by atoms with Crippen molar-refractivity contribution in [1.82, 2.24) is 15.2 Å². The molecule has 28 heavy (non-hydrogen) atoms. The lowest BCUT2D eigenvalue weighted by Crippen LogP contribution is -2.66. The van der Waals surface area contributed by atoms with Gasteiger partial charge in [0.05, 0.1) is 5.56 Å². The van der Waals surface area contributed by atoms with Gasteiger partial charge in [-0.05, 0) is 29.8 Å². The first-order chi connectivity index (χ1) is 13.6. The number of carbonyl (C=O) groups is 1. The number of pyridine rings is 1. The molecule has 7 nitrogen and oxygen atoms in total. The van der Waals surface area contributed by atoms with Gasteiger partial charge in [-0.2, -0.15) is 0 Å². The number of hydrogen-bond acceptors (Lipinski definition) is 6. The molecule has 3 aliphatic heterocycles. The standard InChI is InChI=1S/C20H21BrN4O3/c1-24-18-14(3-2-6-22-18)19(26)23-20(24)4-7-25(8-5-20)11-13-9-16-17(10-15(13)21)28-12-27-16/h2-3,6,9-10H,4-5,7-8,11-12H2,1H3,(H,23,26). The fraction of sp³-hybridized carbons (Fsp3) is 0.400. The highest BCUT2D eigenvalue weighted by Crippen LogP contribution is 2.39. The zero-order valence-corrected chi connectivity index (χ0v) is 17.2. The second-order valence-corrected chi connectivity index (χ2v) is 8.35. The Morgan fingerprint density at radius 3 is 2.79 bits per heavy atom. The Bertz CT molecular complexity index is 943. The summed E-state index contributed by atoms with van der Waals surface area (Å²) in [4.78, 5) is 21.6. The van der Waals surface area contributed by atoms with Crippen LogP contribution in [0, 0.1) is 0 Å². The van der Waals surface area contributed by atoms with E-state index in [9.17, 15) is 4.79 Å². The highest BCUT2D eigenvalue weighted by molar-refractivity contribution is 9.10. The minimum Gasteiger partial charge on any atom is -0.454 e. The van der Waals surface area contributed by atoms with Gasteiger partial charge in [-0.15, -0.1) is 0 Å². The molecule has 146 valence electrons. The maximum Gasteiger partial charge on any atom is 0.256 e. The molecular weight excluding hydrogens is 424 g/mol. The number of amides is 1. The summed E-state index contributed by atoms with van der Waals surface area (Å²) in [5.74, 6) is 2.31. The number of benzene rings is 1. The van der Waals surface area contributed by atoms with Crippen LogP contribution in [0.15, 0.2) is 34.9 Å². The maximum atomic E-state index is 12.6. The molecule has 0 atom stereocenters. The minimum absolute atomic E-state index is 0.0341. The number of nitrogens with one attached hydrogen (secondary N) is 1. The number of likely N-dealkylation sites (tertiary alicyclic amines) is 1. The first-order valence-electron chi connectivity index (χ1n) is 9.37. The van der Waals surface area contributed by atoms with Crippen LogP contribution in [-0.2, 0) is 6.54 Å². The number of halogens is 1. The molecule has 4 heterocycles. The molecule has 2 aromatic rings. The summed E-state index contributed by atoms with van der Waals surface area (Å²) in [5, 5.41) is 3.24. The Morgan fingerprint density at radius 1 is 1.25 bits per heavy atom. The lowest BCUT2D eigenvalue weighted by atomic mass is 9.91.